The van der Waals surface area contributed by atoms with Crippen LogP contribution in [0.5, 0.6) is 0 Å². The average molecular weight is 187 g/mol. The van der Waals surface area contributed by atoms with Gasteiger partial charge in [-0.1, -0.05) is 13.3 Å². The first-order valence-electron chi connectivity index (χ1n) is 4.84. The van der Waals surface area contributed by atoms with Crippen LogP contribution in [0.1, 0.15) is 40.5 Å². The van der Waals surface area contributed by atoms with Gasteiger partial charge >= 0.3 is 5.97 Å². The topological polar surface area (TPSA) is 40.5 Å². The minimum atomic E-state index is -0.744. The Labute approximate surface area is 80.7 Å². The van der Waals surface area contributed by atoms with Crippen molar-refractivity contribution in [3.63, 3.8) is 0 Å². The van der Waals surface area contributed by atoms with Gasteiger partial charge < -0.3 is 5.11 Å². The largest absolute Gasteiger partial charge is 0.480 e. The molecule has 0 saturated heterocycles. The number of hydrogen-bond donors (Lipinski definition) is 1. The quantitative estimate of drug-likeness (QED) is 0.715. The summed E-state index contributed by atoms with van der Waals surface area (Å²) in [4.78, 5) is 12.6. The highest BCUT2D eigenvalue weighted by molar-refractivity contribution is 5.69. The van der Waals surface area contributed by atoms with E-state index in [1.807, 2.05) is 25.7 Å². The molecule has 3 nitrogen and oxygen atoms in total. The molecule has 0 amide bonds. The van der Waals surface area contributed by atoms with Gasteiger partial charge in [0.1, 0.15) is 0 Å². The summed E-state index contributed by atoms with van der Waals surface area (Å²) in [5.41, 5.74) is -0.0481. The van der Waals surface area contributed by atoms with Crippen molar-refractivity contribution in [2.24, 2.45) is 0 Å². The molecular weight excluding hydrogens is 166 g/mol. The number of unbranched alkanes of at least 4 members (excludes halogenated alkanes) is 1. The Morgan fingerprint density at radius 1 is 1.38 bits per heavy atom. The van der Waals surface area contributed by atoms with Crippen LogP contribution >= 0.6 is 0 Å². The molecular formula is C10H21NO2. The summed E-state index contributed by atoms with van der Waals surface area (Å²) in [6, 6.07) is 0. The summed E-state index contributed by atoms with van der Waals surface area (Å²) in [7, 11) is 0. The Morgan fingerprint density at radius 2 is 1.92 bits per heavy atom. The maximum atomic E-state index is 10.6. The average Bonchev–Trinajstić information content (AvgIpc) is 1.95. The highest BCUT2D eigenvalue weighted by Gasteiger charge is 2.22. The van der Waals surface area contributed by atoms with Crippen molar-refractivity contribution >= 4 is 5.97 Å². The van der Waals surface area contributed by atoms with E-state index in [9.17, 15) is 4.79 Å². The summed E-state index contributed by atoms with van der Waals surface area (Å²) >= 11 is 0. The van der Waals surface area contributed by atoms with Gasteiger partial charge in [-0.25, -0.2) is 0 Å². The molecule has 78 valence electrons. The zero-order valence-corrected chi connectivity index (χ0v) is 9.13. The second-order valence-corrected chi connectivity index (χ2v) is 4.34. The Hall–Kier alpha value is -0.570. The minimum Gasteiger partial charge on any atom is -0.480 e. The minimum absolute atomic E-state index is 0.0481. The molecule has 0 radical (unpaired) electrons. The number of aliphatic carboxylic acids is 1. The molecule has 0 spiro atoms. The molecule has 0 atom stereocenters. The highest BCUT2D eigenvalue weighted by atomic mass is 16.4. The number of carbonyl (C=O) groups is 1. The van der Waals surface area contributed by atoms with Gasteiger partial charge in [0.2, 0.25) is 0 Å². The van der Waals surface area contributed by atoms with Gasteiger partial charge in [-0.3, -0.25) is 9.69 Å². The fourth-order valence-electron chi connectivity index (χ4n) is 1.16. The van der Waals surface area contributed by atoms with E-state index in [0.717, 1.165) is 19.4 Å². The van der Waals surface area contributed by atoms with Crippen molar-refractivity contribution in [2.45, 2.75) is 46.1 Å². The van der Waals surface area contributed by atoms with Gasteiger partial charge in [0, 0.05) is 5.54 Å². The van der Waals surface area contributed by atoms with Crippen LogP contribution in [0.3, 0.4) is 0 Å². The van der Waals surface area contributed by atoms with Crippen LogP contribution in [0.2, 0.25) is 0 Å². The van der Waals surface area contributed by atoms with Crippen LogP contribution in [-0.4, -0.2) is 34.6 Å². The number of carboxylic acids is 1. The standard InChI is InChI=1S/C10H21NO2/c1-5-6-7-11(8-9(12)13)10(2,3)4/h5-8H2,1-4H3,(H,12,13). The monoisotopic (exact) mass is 187 g/mol. The lowest BCUT2D eigenvalue weighted by atomic mass is 10.1. The maximum Gasteiger partial charge on any atom is 0.317 e. The van der Waals surface area contributed by atoms with Gasteiger partial charge in [-0.2, -0.15) is 0 Å². The molecule has 1 N–H and O–H groups in total. The molecule has 0 bridgehead atoms. The fourth-order valence-corrected chi connectivity index (χ4v) is 1.16. The van der Waals surface area contributed by atoms with Crippen LogP contribution in [0.25, 0.3) is 0 Å². The molecule has 0 aliphatic rings. The van der Waals surface area contributed by atoms with Gasteiger partial charge in [0.05, 0.1) is 6.54 Å². The van der Waals surface area contributed by atoms with Crippen LogP contribution in [0.15, 0.2) is 0 Å². The van der Waals surface area contributed by atoms with E-state index in [2.05, 4.69) is 6.92 Å². The lowest BCUT2D eigenvalue weighted by Crippen LogP contribution is -2.44. The van der Waals surface area contributed by atoms with Crippen LogP contribution in [0.4, 0.5) is 0 Å². The molecule has 0 aromatic carbocycles. The van der Waals surface area contributed by atoms with E-state index in [0.29, 0.717) is 0 Å². The normalized spacial score (nSPS) is 12.1. The van der Waals surface area contributed by atoms with Crippen LogP contribution < -0.4 is 0 Å². The third-order valence-electron chi connectivity index (χ3n) is 2.06. The first-order valence-corrected chi connectivity index (χ1v) is 4.84. The lowest BCUT2D eigenvalue weighted by Gasteiger charge is -2.34. The van der Waals surface area contributed by atoms with Gasteiger partial charge in [-0.05, 0) is 33.7 Å². The summed E-state index contributed by atoms with van der Waals surface area (Å²) in [5, 5.41) is 8.70. The van der Waals surface area contributed by atoms with E-state index < -0.39 is 5.97 Å². The molecule has 13 heavy (non-hydrogen) atoms. The van der Waals surface area contributed by atoms with Crippen molar-refractivity contribution in [1.29, 1.82) is 0 Å². The molecule has 0 heterocycles. The third kappa shape index (κ3) is 5.64. The Morgan fingerprint density at radius 3 is 2.23 bits per heavy atom. The predicted octanol–water partition coefficient (Wildman–Crippen LogP) is 1.97. The van der Waals surface area contributed by atoms with Crippen molar-refractivity contribution < 1.29 is 9.90 Å². The Kier molecular flexibility index (Phi) is 4.99. The molecule has 0 aromatic rings. The van der Waals surface area contributed by atoms with Crippen LogP contribution in [-0.2, 0) is 4.79 Å². The van der Waals surface area contributed by atoms with E-state index in [1.54, 1.807) is 0 Å². The fraction of sp³-hybridized carbons (Fsp3) is 0.900. The van der Waals surface area contributed by atoms with E-state index >= 15 is 0 Å². The Balaban J connectivity index is 4.11. The van der Waals surface area contributed by atoms with Crippen LogP contribution in [0, 0.1) is 0 Å². The summed E-state index contributed by atoms with van der Waals surface area (Å²) < 4.78 is 0. The van der Waals surface area contributed by atoms with Gasteiger partial charge in [0.15, 0.2) is 0 Å². The number of nitrogens with zero attached hydrogens (tertiary/aromatic N) is 1. The third-order valence-corrected chi connectivity index (χ3v) is 2.06. The molecule has 0 rings (SSSR count). The smallest absolute Gasteiger partial charge is 0.317 e. The maximum absolute atomic E-state index is 10.6. The molecule has 0 aliphatic heterocycles. The lowest BCUT2D eigenvalue weighted by molar-refractivity contribution is -0.139. The number of carboxylic acid groups (broad SMARTS) is 1. The van der Waals surface area contributed by atoms with E-state index in [-0.39, 0.29) is 12.1 Å². The first-order chi connectivity index (χ1) is 5.88. The van der Waals surface area contributed by atoms with E-state index in [4.69, 9.17) is 5.11 Å². The van der Waals surface area contributed by atoms with Crippen molar-refractivity contribution in [2.75, 3.05) is 13.1 Å². The zero-order valence-electron chi connectivity index (χ0n) is 9.13. The van der Waals surface area contributed by atoms with Gasteiger partial charge in [0.25, 0.3) is 0 Å². The Bertz CT molecular complexity index is 161. The molecule has 0 aromatic heterocycles. The SMILES string of the molecule is CCCCN(CC(=O)O)C(C)(C)C. The number of rotatable bonds is 5. The summed E-state index contributed by atoms with van der Waals surface area (Å²) in [5.74, 6) is -0.744. The highest BCUT2D eigenvalue weighted by Crippen LogP contribution is 2.13. The van der Waals surface area contributed by atoms with Crippen molar-refractivity contribution in [1.82, 2.24) is 4.90 Å². The molecule has 3 heteroatoms. The van der Waals surface area contributed by atoms with Gasteiger partial charge in [-0.15, -0.1) is 0 Å². The molecule has 0 unspecified atom stereocenters. The van der Waals surface area contributed by atoms with Crippen molar-refractivity contribution in [3.8, 4) is 0 Å². The first kappa shape index (κ1) is 12.4. The zero-order chi connectivity index (χ0) is 10.5. The van der Waals surface area contributed by atoms with Crippen molar-refractivity contribution in [3.05, 3.63) is 0 Å². The molecule has 0 saturated carbocycles. The number of hydrogen-bond acceptors (Lipinski definition) is 2. The second-order valence-electron chi connectivity index (χ2n) is 4.34. The molecule has 0 aliphatic carbocycles. The summed E-state index contributed by atoms with van der Waals surface area (Å²) in [6.07, 6.45) is 2.16. The van der Waals surface area contributed by atoms with E-state index in [1.165, 1.54) is 0 Å². The molecule has 0 fully saturated rings. The predicted molar refractivity (Wildman–Crippen MR) is 53.9 cm³/mol. The second kappa shape index (κ2) is 5.22. The summed E-state index contributed by atoms with van der Waals surface area (Å²) in [6.45, 7) is 9.26.